The molecule has 0 bridgehead atoms. The van der Waals surface area contributed by atoms with Crippen LogP contribution in [-0.2, 0) is 20.7 Å². The number of amides is 2. The molecule has 2 heterocycles. The number of hydrogen-bond acceptors (Lipinski definition) is 7. The van der Waals surface area contributed by atoms with E-state index >= 15 is 0 Å². The summed E-state index contributed by atoms with van der Waals surface area (Å²) in [6.07, 6.45) is 0.493. The second-order valence-corrected chi connectivity index (χ2v) is 7.72. The van der Waals surface area contributed by atoms with Gasteiger partial charge in [0.15, 0.2) is 11.5 Å². The summed E-state index contributed by atoms with van der Waals surface area (Å²) in [5.41, 5.74) is 2.35. The molecule has 0 spiro atoms. The van der Waals surface area contributed by atoms with Crippen molar-refractivity contribution in [2.45, 2.75) is 6.42 Å². The standard InChI is InChI=1S/C25H28N2O6/c1-30-19-7-5-4-6-18(19)22-23(26-12-14-33-15-13-26)25(29)27(24(22)28)11-10-17-8-9-20(31-2)21(16-17)32-3/h4-9,16H,10-15H2,1-3H3. The van der Waals surface area contributed by atoms with E-state index in [1.807, 2.05) is 41.3 Å². The first-order valence-electron chi connectivity index (χ1n) is 10.9. The van der Waals surface area contributed by atoms with Gasteiger partial charge in [0.1, 0.15) is 11.4 Å². The molecule has 2 aromatic rings. The number of hydrogen-bond donors (Lipinski definition) is 0. The van der Waals surface area contributed by atoms with E-state index in [1.54, 1.807) is 27.4 Å². The van der Waals surface area contributed by atoms with Gasteiger partial charge < -0.3 is 23.8 Å². The van der Waals surface area contributed by atoms with E-state index in [1.165, 1.54) is 4.90 Å². The Morgan fingerprint density at radius 3 is 2.24 bits per heavy atom. The van der Waals surface area contributed by atoms with Crippen LogP contribution in [0.25, 0.3) is 5.57 Å². The Balaban J connectivity index is 1.64. The first-order chi connectivity index (χ1) is 16.1. The number of rotatable bonds is 8. The molecule has 0 N–H and O–H groups in total. The van der Waals surface area contributed by atoms with Crippen LogP contribution in [0, 0.1) is 0 Å². The Bertz CT molecular complexity index is 1070. The SMILES string of the molecule is COc1ccc(CCN2C(=O)C(c3ccccc3OC)=C(N3CCOCC3)C2=O)cc1OC. The first-order valence-corrected chi connectivity index (χ1v) is 10.9. The van der Waals surface area contributed by atoms with E-state index < -0.39 is 0 Å². The molecule has 2 aromatic carbocycles. The Kier molecular flexibility index (Phi) is 6.84. The number of benzene rings is 2. The summed E-state index contributed by atoms with van der Waals surface area (Å²) in [6.45, 7) is 2.37. The molecule has 4 rings (SSSR count). The monoisotopic (exact) mass is 452 g/mol. The molecule has 2 aliphatic rings. The molecule has 0 aromatic heterocycles. The van der Waals surface area contributed by atoms with Crippen LogP contribution in [0.15, 0.2) is 48.2 Å². The van der Waals surface area contributed by atoms with E-state index in [9.17, 15) is 9.59 Å². The van der Waals surface area contributed by atoms with Crippen LogP contribution in [0.5, 0.6) is 17.2 Å². The second-order valence-electron chi connectivity index (χ2n) is 7.72. The van der Waals surface area contributed by atoms with Gasteiger partial charge in [-0.3, -0.25) is 14.5 Å². The molecule has 0 saturated carbocycles. The largest absolute Gasteiger partial charge is 0.496 e. The van der Waals surface area contributed by atoms with Crippen molar-refractivity contribution in [3.8, 4) is 17.2 Å². The van der Waals surface area contributed by atoms with E-state index in [-0.39, 0.29) is 18.4 Å². The third-order valence-electron chi connectivity index (χ3n) is 5.92. The molecule has 0 atom stereocenters. The average Bonchev–Trinajstić information content (AvgIpc) is 3.11. The molecule has 1 fully saturated rings. The molecule has 0 aliphatic carbocycles. The Morgan fingerprint density at radius 2 is 1.55 bits per heavy atom. The number of nitrogens with zero attached hydrogens (tertiary/aromatic N) is 2. The third kappa shape index (κ3) is 4.39. The van der Waals surface area contributed by atoms with Gasteiger partial charge in [-0.05, 0) is 30.2 Å². The lowest BCUT2D eigenvalue weighted by Crippen LogP contribution is -2.40. The molecule has 174 valence electrons. The maximum Gasteiger partial charge on any atom is 0.277 e. The van der Waals surface area contributed by atoms with Crippen LogP contribution >= 0.6 is 0 Å². The minimum Gasteiger partial charge on any atom is -0.496 e. The van der Waals surface area contributed by atoms with Gasteiger partial charge in [0.2, 0.25) is 0 Å². The molecule has 33 heavy (non-hydrogen) atoms. The van der Waals surface area contributed by atoms with E-state index in [4.69, 9.17) is 18.9 Å². The zero-order valence-electron chi connectivity index (χ0n) is 19.1. The van der Waals surface area contributed by atoms with Crippen molar-refractivity contribution in [1.82, 2.24) is 9.80 Å². The molecule has 8 nitrogen and oxygen atoms in total. The highest BCUT2D eigenvalue weighted by Crippen LogP contribution is 2.36. The maximum absolute atomic E-state index is 13.6. The number of methoxy groups -OCH3 is 3. The lowest BCUT2D eigenvalue weighted by atomic mass is 10.0. The van der Waals surface area contributed by atoms with Crippen molar-refractivity contribution < 1.29 is 28.5 Å². The molecule has 1 saturated heterocycles. The molecular weight excluding hydrogens is 424 g/mol. The van der Waals surface area contributed by atoms with Gasteiger partial charge in [-0.2, -0.15) is 0 Å². The van der Waals surface area contributed by atoms with Crippen molar-refractivity contribution in [3.05, 3.63) is 59.3 Å². The number of imide groups is 1. The summed E-state index contributed by atoms with van der Waals surface area (Å²) < 4.78 is 21.6. The summed E-state index contributed by atoms with van der Waals surface area (Å²) >= 11 is 0. The van der Waals surface area contributed by atoms with Crippen LogP contribution < -0.4 is 14.2 Å². The van der Waals surface area contributed by atoms with Crippen molar-refractivity contribution in [2.75, 3.05) is 54.2 Å². The van der Waals surface area contributed by atoms with Gasteiger partial charge in [0.25, 0.3) is 11.8 Å². The Morgan fingerprint density at radius 1 is 0.848 bits per heavy atom. The summed E-state index contributed by atoms with van der Waals surface area (Å²) in [7, 11) is 4.72. The fraction of sp³-hybridized carbons (Fsp3) is 0.360. The van der Waals surface area contributed by atoms with Crippen LogP contribution in [0.2, 0.25) is 0 Å². The first kappa shape index (κ1) is 22.7. The topological polar surface area (TPSA) is 77.5 Å². The highest BCUT2D eigenvalue weighted by Gasteiger charge is 2.42. The van der Waals surface area contributed by atoms with Crippen molar-refractivity contribution in [3.63, 3.8) is 0 Å². The minimum atomic E-state index is -0.313. The molecule has 0 radical (unpaired) electrons. The molecule has 0 unspecified atom stereocenters. The smallest absolute Gasteiger partial charge is 0.277 e. The van der Waals surface area contributed by atoms with Crippen LogP contribution in [0.3, 0.4) is 0 Å². The third-order valence-corrected chi connectivity index (χ3v) is 5.92. The number of carbonyl (C=O) groups is 2. The van der Waals surface area contributed by atoms with E-state index in [0.717, 1.165) is 5.56 Å². The van der Waals surface area contributed by atoms with Gasteiger partial charge in [0.05, 0.1) is 40.1 Å². The number of carbonyl (C=O) groups excluding carboxylic acids is 2. The van der Waals surface area contributed by atoms with Gasteiger partial charge >= 0.3 is 0 Å². The normalized spacial score (nSPS) is 16.5. The fourth-order valence-corrected chi connectivity index (χ4v) is 4.22. The molecule has 8 heteroatoms. The Hall–Kier alpha value is -3.52. The average molecular weight is 453 g/mol. The number of ether oxygens (including phenoxy) is 4. The fourth-order valence-electron chi connectivity index (χ4n) is 4.22. The Labute approximate surface area is 193 Å². The van der Waals surface area contributed by atoms with Gasteiger partial charge in [-0.25, -0.2) is 0 Å². The summed E-state index contributed by atoms with van der Waals surface area (Å²) in [5, 5.41) is 0. The van der Waals surface area contributed by atoms with Crippen LogP contribution in [0.1, 0.15) is 11.1 Å². The van der Waals surface area contributed by atoms with Crippen molar-refractivity contribution in [1.29, 1.82) is 0 Å². The van der Waals surface area contributed by atoms with Gasteiger partial charge in [-0.15, -0.1) is 0 Å². The predicted molar refractivity (Wildman–Crippen MR) is 122 cm³/mol. The van der Waals surface area contributed by atoms with Crippen molar-refractivity contribution >= 4 is 17.4 Å². The van der Waals surface area contributed by atoms with Crippen LogP contribution in [-0.4, -0.2) is 75.8 Å². The quantitative estimate of drug-likeness (QED) is 0.569. The summed E-state index contributed by atoms with van der Waals surface area (Å²) in [4.78, 5) is 30.4. The summed E-state index contributed by atoms with van der Waals surface area (Å²) in [5.74, 6) is 1.19. The van der Waals surface area contributed by atoms with Crippen molar-refractivity contribution in [2.24, 2.45) is 0 Å². The second kappa shape index (κ2) is 9.95. The zero-order chi connectivity index (χ0) is 23.4. The number of morpholine rings is 1. The lowest BCUT2D eigenvalue weighted by molar-refractivity contribution is -0.137. The molecular formula is C25H28N2O6. The summed E-state index contributed by atoms with van der Waals surface area (Å²) in [6, 6.07) is 12.9. The van der Waals surface area contributed by atoms with Crippen LogP contribution in [0.4, 0.5) is 0 Å². The van der Waals surface area contributed by atoms with Gasteiger partial charge in [0, 0.05) is 25.2 Å². The highest BCUT2D eigenvalue weighted by atomic mass is 16.5. The zero-order valence-corrected chi connectivity index (χ0v) is 19.1. The maximum atomic E-state index is 13.6. The number of para-hydroxylation sites is 1. The molecule has 2 amide bonds. The predicted octanol–water partition coefficient (Wildman–Crippen LogP) is 2.37. The lowest BCUT2D eigenvalue weighted by Gasteiger charge is -2.29. The minimum absolute atomic E-state index is 0.250. The van der Waals surface area contributed by atoms with E-state index in [2.05, 4.69) is 0 Å². The van der Waals surface area contributed by atoms with Gasteiger partial charge in [-0.1, -0.05) is 24.3 Å². The highest BCUT2D eigenvalue weighted by molar-refractivity contribution is 6.36. The van der Waals surface area contributed by atoms with E-state index in [0.29, 0.717) is 66.8 Å². The molecule has 2 aliphatic heterocycles.